The molecule has 0 bridgehead atoms. The molecule has 0 radical (unpaired) electrons. The molecule has 0 fully saturated rings. The van der Waals surface area contributed by atoms with Crippen LogP contribution in [0.25, 0.3) is 0 Å². The monoisotopic (exact) mass is 323 g/mol. The van der Waals surface area contributed by atoms with E-state index in [9.17, 15) is 17.6 Å². The third kappa shape index (κ3) is 3.73. The van der Waals surface area contributed by atoms with Gasteiger partial charge in [0.1, 0.15) is 5.82 Å². The second-order valence-electron chi connectivity index (χ2n) is 4.59. The molecule has 0 spiro atoms. The minimum Gasteiger partial charge on any atom is -0.351 e. The van der Waals surface area contributed by atoms with E-state index in [1.807, 2.05) is 0 Å². The summed E-state index contributed by atoms with van der Waals surface area (Å²) in [6.07, 6.45) is 0. The first kappa shape index (κ1) is 15.8. The van der Waals surface area contributed by atoms with Crippen molar-refractivity contribution in [1.82, 2.24) is 0 Å². The molecule has 0 aliphatic carbocycles. The van der Waals surface area contributed by atoms with Crippen LogP contribution in [0.5, 0.6) is 0 Å². The number of aryl methyl sites for hydroxylation is 1. The Labute approximate surface area is 127 Å². The Balaban J connectivity index is 2.33. The van der Waals surface area contributed by atoms with Crippen LogP contribution >= 0.6 is 0 Å². The highest BCUT2D eigenvalue weighted by Gasteiger charge is 2.18. The van der Waals surface area contributed by atoms with Crippen molar-refractivity contribution in [2.75, 3.05) is 10.0 Å². The van der Waals surface area contributed by atoms with Crippen LogP contribution in [0.1, 0.15) is 5.56 Å². The zero-order valence-electron chi connectivity index (χ0n) is 11.6. The van der Waals surface area contributed by atoms with Gasteiger partial charge in [-0.25, -0.2) is 17.6 Å². The lowest BCUT2D eigenvalue weighted by Gasteiger charge is -2.11. The number of urea groups is 1. The molecule has 4 N–H and O–H groups in total. The summed E-state index contributed by atoms with van der Waals surface area (Å²) in [5.41, 5.74) is 5.97. The molecule has 0 atom stereocenters. The summed E-state index contributed by atoms with van der Waals surface area (Å²) in [6, 6.07) is 8.75. The Morgan fingerprint density at radius 1 is 1.14 bits per heavy atom. The van der Waals surface area contributed by atoms with Crippen molar-refractivity contribution in [3.05, 3.63) is 53.8 Å². The lowest BCUT2D eigenvalue weighted by Crippen LogP contribution is -2.19. The molecular formula is C14H14FN3O3S. The Morgan fingerprint density at radius 3 is 2.50 bits per heavy atom. The predicted molar refractivity (Wildman–Crippen MR) is 81.6 cm³/mol. The molecule has 0 unspecified atom stereocenters. The number of sulfonamides is 1. The van der Waals surface area contributed by atoms with Gasteiger partial charge in [-0.3, -0.25) is 4.72 Å². The van der Waals surface area contributed by atoms with Crippen LogP contribution in [-0.2, 0) is 10.0 Å². The maximum atomic E-state index is 13.3. The second-order valence-corrected chi connectivity index (χ2v) is 6.24. The Bertz CT molecular complexity index is 822. The van der Waals surface area contributed by atoms with Crippen molar-refractivity contribution in [3.63, 3.8) is 0 Å². The first-order valence-electron chi connectivity index (χ1n) is 6.23. The van der Waals surface area contributed by atoms with Gasteiger partial charge in [0, 0.05) is 5.69 Å². The van der Waals surface area contributed by atoms with Crippen molar-refractivity contribution >= 4 is 27.4 Å². The first-order chi connectivity index (χ1) is 10.3. The molecule has 0 aromatic heterocycles. The molecule has 22 heavy (non-hydrogen) atoms. The van der Waals surface area contributed by atoms with Crippen molar-refractivity contribution in [2.24, 2.45) is 5.73 Å². The molecule has 8 heteroatoms. The highest BCUT2D eigenvalue weighted by Crippen LogP contribution is 2.22. The topological polar surface area (TPSA) is 101 Å². The summed E-state index contributed by atoms with van der Waals surface area (Å²) in [5.74, 6) is -0.643. The number of carbonyl (C=O) groups excluding carboxylic acids is 1. The van der Waals surface area contributed by atoms with E-state index in [1.165, 1.54) is 24.3 Å². The number of amides is 2. The zero-order valence-corrected chi connectivity index (χ0v) is 12.4. The number of carbonyl (C=O) groups is 1. The normalized spacial score (nSPS) is 11.0. The molecule has 0 aliphatic heterocycles. The largest absolute Gasteiger partial charge is 0.351 e. The highest BCUT2D eigenvalue weighted by atomic mass is 32.2. The summed E-state index contributed by atoms with van der Waals surface area (Å²) in [6.45, 7) is 1.57. The van der Waals surface area contributed by atoms with E-state index in [0.717, 1.165) is 6.07 Å². The minimum absolute atomic E-state index is 0.152. The fourth-order valence-electron chi connectivity index (χ4n) is 1.88. The maximum Gasteiger partial charge on any atom is 0.316 e. The second kappa shape index (κ2) is 6.02. The van der Waals surface area contributed by atoms with Gasteiger partial charge in [-0.2, -0.15) is 0 Å². The van der Waals surface area contributed by atoms with Crippen LogP contribution in [0.2, 0.25) is 0 Å². The number of anilines is 2. The van der Waals surface area contributed by atoms with Crippen LogP contribution in [0.3, 0.4) is 0 Å². The van der Waals surface area contributed by atoms with E-state index in [0.29, 0.717) is 11.3 Å². The van der Waals surface area contributed by atoms with Gasteiger partial charge in [-0.1, -0.05) is 12.1 Å². The third-order valence-electron chi connectivity index (χ3n) is 2.82. The van der Waals surface area contributed by atoms with E-state index in [1.54, 1.807) is 19.1 Å². The smallest absolute Gasteiger partial charge is 0.316 e. The Hall–Kier alpha value is -2.61. The van der Waals surface area contributed by atoms with Crippen molar-refractivity contribution in [1.29, 1.82) is 0 Å². The van der Waals surface area contributed by atoms with Crippen LogP contribution in [0, 0.1) is 12.7 Å². The summed E-state index contributed by atoms with van der Waals surface area (Å²) in [7, 11) is -3.95. The SMILES string of the molecule is Cc1ccc(F)cc1S(=O)(=O)Nc1cccc(NC(N)=O)c1. The van der Waals surface area contributed by atoms with Crippen molar-refractivity contribution < 1.29 is 17.6 Å². The molecule has 0 saturated heterocycles. The van der Waals surface area contributed by atoms with E-state index in [-0.39, 0.29) is 10.6 Å². The molecular weight excluding hydrogens is 309 g/mol. The van der Waals surface area contributed by atoms with Gasteiger partial charge in [0.25, 0.3) is 10.0 Å². The number of hydrogen-bond acceptors (Lipinski definition) is 3. The number of nitrogens with one attached hydrogen (secondary N) is 2. The fraction of sp³-hybridized carbons (Fsp3) is 0.0714. The molecule has 2 aromatic carbocycles. The maximum absolute atomic E-state index is 13.3. The van der Waals surface area contributed by atoms with Gasteiger partial charge in [-0.05, 0) is 42.8 Å². The highest BCUT2D eigenvalue weighted by molar-refractivity contribution is 7.92. The van der Waals surface area contributed by atoms with Gasteiger partial charge in [0.2, 0.25) is 0 Å². The quantitative estimate of drug-likeness (QED) is 0.805. The summed E-state index contributed by atoms with van der Waals surface area (Å²) < 4.78 is 40.2. The average molecular weight is 323 g/mol. The van der Waals surface area contributed by atoms with Gasteiger partial charge in [-0.15, -0.1) is 0 Å². The third-order valence-corrected chi connectivity index (χ3v) is 4.35. The number of primary amides is 1. The molecule has 0 saturated carbocycles. The predicted octanol–water partition coefficient (Wildman–Crippen LogP) is 2.43. The lowest BCUT2D eigenvalue weighted by molar-refractivity contribution is 0.259. The molecule has 0 aliphatic rings. The Morgan fingerprint density at radius 2 is 1.82 bits per heavy atom. The number of halogens is 1. The van der Waals surface area contributed by atoms with Crippen molar-refractivity contribution in [3.8, 4) is 0 Å². The van der Waals surface area contributed by atoms with Gasteiger partial charge in [0.05, 0.1) is 10.6 Å². The van der Waals surface area contributed by atoms with Crippen LogP contribution in [0.15, 0.2) is 47.4 Å². The fourth-order valence-corrected chi connectivity index (χ4v) is 3.18. The first-order valence-corrected chi connectivity index (χ1v) is 7.72. The molecule has 6 nitrogen and oxygen atoms in total. The van der Waals surface area contributed by atoms with E-state index < -0.39 is 21.9 Å². The van der Waals surface area contributed by atoms with E-state index in [4.69, 9.17) is 5.73 Å². The van der Waals surface area contributed by atoms with Crippen LogP contribution < -0.4 is 15.8 Å². The molecule has 116 valence electrons. The lowest BCUT2D eigenvalue weighted by atomic mass is 10.2. The molecule has 2 amide bonds. The summed E-state index contributed by atoms with van der Waals surface area (Å²) in [5, 5.41) is 2.34. The van der Waals surface area contributed by atoms with Gasteiger partial charge in [0.15, 0.2) is 0 Å². The van der Waals surface area contributed by atoms with Crippen LogP contribution in [-0.4, -0.2) is 14.4 Å². The van der Waals surface area contributed by atoms with Gasteiger partial charge >= 0.3 is 6.03 Å². The Kier molecular flexibility index (Phi) is 4.32. The minimum atomic E-state index is -3.95. The summed E-state index contributed by atoms with van der Waals surface area (Å²) >= 11 is 0. The molecule has 2 aromatic rings. The van der Waals surface area contributed by atoms with Gasteiger partial charge < -0.3 is 11.1 Å². The summed E-state index contributed by atoms with van der Waals surface area (Å²) in [4.78, 5) is 10.6. The standard InChI is InChI=1S/C14H14FN3O3S/c1-9-5-6-10(15)7-13(9)22(20,21)18-12-4-2-3-11(8-12)17-14(16)19/h2-8,18H,1H3,(H3,16,17,19). The van der Waals surface area contributed by atoms with E-state index in [2.05, 4.69) is 10.0 Å². The number of nitrogens with two attached hydrogens (primary N) is 1. The molecule has 0 heterocycles. The average Bonchev–Trinajstić information content (AvgIpc) is 2.40. The number of rotatable bonds is 4. The molecule has 2 rings (SSSR count). The number of hydrogen-bond donors (Lipinski definition) is 3. The number of benzene rings is 2. The zero-order chi connectivity index (χ0) is 16.3. The van der Waals surface area contributed by atoms with Crippen molar-refractivity contribution in [2.45, 2.75) is 11.8 Å². The van der Waals surface area contributed by atoms with E-state index >= 15 is 0 Å². The van der Waals surface area contributed by atoms with Crippen LogP contribution in [0.4, 0.5) is 20.6 Å².